The molecule has 0 aliphatic carbocycles. The first-order valence-electron chi connectivity index (χ1n) is 13.3. The lowest BCUT2D eigenvalue weighted by molar-refractivity contribution is -0.147. The van der Waals surface area contributed by atoms with Crippen molar-refractivity contribution in [3.8, 4) is 0 Å². The van der Waals surface area contributed by atoms with Gasteiger partial charge in [-0.2, -0.15) is 0 Å². The van der Waals surface area contributed by atoms with Crippen molar-refractivity contribution in [2.45, 2.75) is 116 Å². The minimum Gasteiger partial charge on any atom is -0.463 e. The molecule has 0 aliphatic rings. The number of rotatable bonds is 23. The fourth-order valence-corrected chi connectivity index (χ4v) is 3.25. The predicted molar refractivity (Wildman–Crippen MR) is 134 cm³/mol. The van der Waals surface area contributed by atoms with Gasteiger partial charge in [0.15, 0.2) is 0 Å². The molecule has 0 fully saturated rings. The second-order valence-electron chi connectivity index (χ2n) is 9.35. The van der Waals surface area contributed by atoms with E-state index in [-0.39, 0.29) is 19.2 Å². The Balaban J connectivity index is 0. The molecule has 0 spiro atoms. The molecule has 0 saturated heterocycles. The Kier molecular flexibility index (Phi) is 27.9. The first-order valence-corrected chi connectivity index (χ1v) is 13.3. The fraction of sp³-hybridized carbons (Fsp3) is 0.962. The summed E-state index contributed by atoms with van der Waals surface area (Å²) in [5.74, 6) is -0.276. The fourth-order valence-electron chi connectivity index (χ4n) is 3.25. The Bertz CT molecular complexity index is 398. The highest BCUT2D eigenvalue weighted by atomic mass is 16.5. The van der Waals surface area contributed by atoms with Crippen LogP contribution >= 0.6 is 0 Å². The molecule has 0 amide bonds. The smallest absolute Gasteiger partial charge is 0.305 e. The van der Waals surface area contributed by atoms with Gasteiger partial charge in [-0.05, 0) is 6.42 Å². The van der Waals surface area contributed by atoms with E-state index in [1.54, 1.807) is 0 Å². The van der Waals surface area contributed by atoms with Crippen LogP contribution in [-0.4, -0.2) is 82.4 Å². The minimum absolute atomic E-state index is 0.103. The van der Waals surface area contributed by atoms with E-state index < -0.39 is 37.9 Å². The van der Waals surface area contributed by atoms with Gasteiger partial charge in [-0.25, -0.2) is 0 Å². The largest absolute Gasteiger partial charge is 0.463 e. The lowest BCUT2D eigenvalue weighted by Crippen LogP contribution is -2.37. The summed E-state index contributed by atoms with van der Waals surface area (Å²) in [6, 6.07) is 0. The van der Waals surface area contributed by atoms with Gasteiger partial charge in [-0.15, -0.1) is 0 Å². The normalized spacial score (nSPS) is 12.2. The van der Waals surface area contributed by atoms with Gasteiger partial charge < -0.3 is 35.4 Å². The molecular formula is C26H54O8. The summed E-state index contributed by atoms with van der Waals surface area (Å²) in [7, 11) is 0. The molecule has 0 rings (SSSR count). The average molecular weight is 495 g/mol. The molecule has 6 N–H and O–H groups in total. The van der Waals surface area contributed by atoms with Gasteiger partial charge in [0, 0.05) is 6.42 Å². The van der Waals surface area contributed by atoms with Crippen LogP contribution in [0.25, 0.3) is 0 Å². The van der Waals surface area contributed by atoms with E-state index in [0.717, 1.165) is 12.8 Å². The van der Waals surface area contributed by atoms with Gasteiger partial charge in [0.25, 0.3) is 0 Å². The Morgan fingerprint density at radius 2 is 1.00 bits per heavy atom. The third kappa shape index (κ3) is 23.0. The molecule has 0 aliphatic heterocycles. The monoisotopic (exact) mass is 494 g/mol. The second-order valence-corrected chi connectivity index (χ2v) is 9.35. The summed E-state index contributed by atoms with van der Waals surface area (Å²) in [5, 5.41) is 51.7. The molecule has 0 heterocycles. The van der Waals surface area contributed by atoms with Crippen molar-refractivity contribution in [2.75, 3.05) is 39.6 Å². The van der Waals surface area contributed by atoms with E-state index in [0.29, 0.717) is 6.42 Å². The van der Waals surface area contributed by atoms with Crippen LogP contribution in [0.15, 0.2) is 0 Å². The molecule has 0 aromatic rings. The number of hydrogen-bond acceptors (Lipinski definition) is 8. The molecule has 0 radical (unpaired) electrons. The van der Waals surface area contributed by atoms with Gasteiger partial charge in [0.05, 0.1) is 38.4 Å². The van der Waals surface area contributed by atoms with E-state index in [4.69, 9.17) is 35.4 Å². The van der Waals surface area contributed by atoms with E-state index in [9.17, 15) is 4.79 Å². The molecule has 1 unspecified atom stereocenters. The van der Waals surface area contributed by atoms with Gasteiger partial charge in [0.1, 0.15) is 12.7 Å². The van der Waals surface area contributed by atoms with Crippen molar-refractivity contribution in [3.63, 3.8) is 0 Å². The van der Waals surface area contributed by atoms with Gasteiger partial charge in [-0.3, -0.25) is 4.79 Å². The van der Waals surface area contributed by atoms with Crippen molar-refractivity contribution in [1.29, 1.82) is 0 Å². The van der Waals surface area contributed by atoms with E-state index >= 15 is 0 Å². The maximum atomic E-state index is 11.4. The molecule has 1 atom stereocenters. The van der Waals surface area contributed by atoms with Crippen LogP contribution in [-0.2, 0) is 9.53 Å². The highest BCUT2D eigenvalue weighted by Gasteiger charge is 2.26. The summed E-state index contributed by atoms with van der Waals surface area (Å²) in [6.45, 7) is 0.168. The molecule has 0 aromatic heterocycles. The van der Waals surface area contributed by atoms with Crippen LogP contribution in [0.3, 0.4) is 0 Å². The number of aliphatic hydroxyl groups excluding tert-OH is 6. The zero-order chi connectivity index (χ0) is 25.9. The number of hydrogen-bond donors (Lipinski definition) is 6. The molecule has 8 nitrogen and oxygen atoms in total. The third-order valence-corrected chi connectivity index (χ3v) is 5.97. The first-order chi connectivity index (χ1) is 16.4. The summed E-state index contributed by atoms with van der Waals surface area (Å²) in [4.78, 5) is 11.4. The molecule has 0 saturated carbocycles. The lowest BCUT2D eigenvalue weighted by Gasteiger charge is -2.23. The lowest BCUT2D eigenvalue weighted by atomic mass is 9.93. The highest BCUT2D eigenvalue weighted by molar-refractivity contribution is 5.69. The topological polar surface area (TPSA) is 148 Å². The average Bonchev–Trinajstić information content (AvgIpc) is 2.87. The maximum Gasteiger partial charge on any atom is 0.305 e. The van der Waals surface area contributed by atoms with Gasteiger partial charge in [-0.1, -0.05) is 96.8 Å². The Morgan fingerprint density at radius 1 is 0.647 bits per heavy atom. The number of esters is 1. The summed E-state index contributed by atoms with van der Waals surface area (Å²) in [5.41, 5.74) is -1.11. The Labute approximate surface area is 207 Å². The highest BCUT2D eigenvalue weighted by Crippen LogP contribution is 2.14. The SMILES string of the molecule is CCCCCCCCCCCCCCCCCC(=O)OCC(O)CO.OCC(CO)(CO)CO. The van der Waals surface area contributed by atoms with Crippen LogP contribution < -0.4 is 0 Å². The van der Waals surface area contributed by atoms with Crippen LogP contribution in [0, 0.1) is 5.41 Å². The van der Waals surface area contributed by atoms with Gasteiger partial charge >= 0.3 is 5.97 Å². The van der Waals surface area contributed by atoms with Crippen LogP contribution in [0.1, 0.15) is 110 Å². The van der Waals surface area contributed by atoms with Crippen molar-refractivity contribution >= 4 is 5.97 Å². The Morgan fingerprint density at radius 3 is 1.29 bits per heavy atom. The number of carbonyl (C=O) groups excluding carboxylic acids is 1. The second kappa shape index (κ2) is 26.8. The number of ether oxygens (including phenoxy) is 1. The predicted octanol–water partition coefficient (Wildman–Crippen LogP) is 3.09. The van der Waals surface area contributed by atoms with Crippen molar-refractivity contribution < 1.29 is 40.2 Å². The zero-order valence-electron chi connectivity index (χ0n) is 21.6. The number of unbranched alkanes of at least 4 members (excludes halogenated alkanes) is 14. The Hall–Kier alpha value is -0.770. The van der Waals surface area contributed by atoms with Crippen LogP contribution in [0.4, 0.5) is 0 Å². The van der Waals surface area contributed by atoms with Crippen molar-refractivity contribution in [1.82, 2.24) is 0 Å². The molecule has 34 heavy (non-hydrogen) atoms. The standard InChI is InChI=1S/C21H42O4.C5H12O4/c1-2-3-4-5-6-7-8-9-10-11-12-13-14-15-16-17-21(24)25-19-20(23)18-22;6-1-5(2-7,3-8)4-9/h20,22-23H,2-19H2,1H3;6-9H,1-4H2. The van der Waals surface area contributed by atoms with Crippen molar-refractivity contribution in [3.05, 3.63) is 0 Å². The van der Waals surface area contributed by atoms with Crippen molar-refractivity contribution in [2.24, 2.45) is 5.41 Å². The van der Waals surface area contributed by atoms with E-state index in [1.165, 1.54) is 83.5 Å². The minimum atomic E-state index is -1.11. The number of aliphatic hydroxyl groups is 6. The first kappa shape index (κ1) is 35.4. The van der Waals surface area contributed by atoms with Gasteiger partial charge in [0.2, 0.25) is 0 Å². The maximum absolute atomic E-state index is 11.4. The molecule has 206 valence electrons. The quantitative estimate of drug-likeness (QED) is 0.0938. The van der Waals surface area contributed by atoms with Crippen LogP contribution in [0.5, 0.6) is 0 Å². The zero-order valence-corrected chi connectivity index (χ0v) is 21.6. The van der Waals surface area contributed by atoms with E-state index in [1.807, 2.05) is 0 Å². The summed E-state index contributed by atoms with van der Waals surface area (Å²) >= 11 is 0. The summed E-state index contributed by atoms with van der Waals surface area (Å²) < 4.78 is 4.86. The third-order valence-electron chi connectivity index (χ3n) is 5.97. The molecule has 8 heteroatoms. The molecular weight excluding hydrogens is 440 g/mol. The number of carbonyl (C=O) groups is 1. The molecule has 0 bridgehead atoms. The van der Waals surface area contributed by atoms with Crippen LogP contribution in [0.2, 0.25) is 0 Å². The van der Waals surface area contributed by atoms with E-state index in [2.05, 4.69) is 6.92 Å². The summed E-state index contributed by atoms with van der Waals surface area (Å²) in [6.07, 6.45) is 19.0. The molecule has 0 aromatic carbocycles.